The van der Waals surface area contributed by atoms with E-state index in [9.17, 15) is 19.5 Å². The summed E-state index contributed by atoms with van der Waals surface area (Å²) in [6.45, 7) is 2.62. The summed E-state index contributed by atoms with van der Waals surface area (Å²) < 4.78 is 4.32. The van der Waals surface area contributed by atoms with Crippen LogP contribution in [0.25, 0.3) is 33.1 Å². The first kappa shape index (κ1) is 26.0. The van der Waals surface area contributed by atoms with Crippen molar-refractivity contribution in [3.63, 3.8) is 0 Å². The molecule has 4 aromatic carbocycles. The van der Waals surface area contributed by atoms with Gasteiger partial charge in [0.1, 0.15) is 5.39 Å². The number of carboxylic acids is 1. The van der Waals surface area contributed by atoms with Gasteiger partial charge in [0, 0.05) is 12.6 Å². The Hall–Kier alpha value is -5.24. The number of hydrogen-bond acceptors (Lipinski definition) is 4. The van der Waals surface area contributed by atoms with E-state index in [1.54, 1.807) is 16.8 Å². The number of hydrogen-bond donors (Lipinski definition) is 1. The van der Waals surface area contributed by atoms with Crippen LogP contribution < -0.4 is 11.2 Å². The summed E-state index contributed by atoms with van der Waals surface area (Å²) in [4.78, 5) is 39.0. The Morgan fingerprint density at radius 2 is 1.56 bits per heavy atom. The first-order valence-corrected chi connectivity index (χ1v) is 13.4. The molecule has 6 rings (SSSR count). The molecule has 0 radical (unpaired) electrons. The minimum Gasteiger partial charge on any atom is -0.478 e. The van der Waals surface area contributed by atoms with Crippen LogP contribution in [0.15, 0.2) is 101 Å². The quantitative estimate of drug-likeness (QED) is 0.302. The summed E-state index contributed by atoms with van der Waals surface area (Å²) in [5.41, 5.74) is 3.46. The lowest BCUT2D eigenvalue weighted by Crippen LogP contribution is -2.38. The number of rotatable bonds is 7. The minimum atomic E-state index is -1.07. The molecular formula is C33H28N4O4. The average Bonchev–Trinajstić information content (AvgIpc) is 3.37. The van der Waals surface area contributed by atoms with E-state index >= 15 is 0 Å². The number of nitrogens with zero attached hydrogens (tertiary/aromatic N) is 4. The van der Waals surface area contributed by atoms with Crippen LogP contribution in [-0.2, 0) is 26.6 Å². The van der Waals surface area contributed by atoms with E-state index in [0.717, 1.165) is 32.9 Å². The van der Waals surface area contributed by atoms with Crippen molar-refractivity contribution in [1.82, 2.24) is 18.9 Å². The van der Waals surface area contributed by atoms with Gasteiger partial charge in [-0.25, -0.2) is 9.59 Å². The van der Waals surface area contributed by atoms with E-state index in [2.05, 4.69) is 6.92 Å². The third kappa shape index (κ3) is 4.63. The van der Waals surface area contributed by atoms with Gasteiger partial charge in [0.15, 0.2) is 5.65 Å². The maximum atomic E-state index is 13.7. The number of aromatic nitrogens is 4. The molecule has 2 aromatic heterocycles. The van der Waals surface area contributed by atoms with Crippen LogP contribution in [0.4, 0.5) is 0 Å². The van der Waals surface area contributed by atoms with Gasteiger partial charge in [-0.15, -0.1) is 0 Å². The van der Waals surface area contributed by atoms with Gasteiger partial charge in [0.25, 0.3) is 5.56 Å². The van der Waals surface area contributed by atoms with Crippen molar-refractivity contribution in [2.75, 3.05) is 0 Å². The Kier molecular flexibility index (Phi) is 6.59. The summed E-state index contributed by atoms with van der Waals surface area (Å²) in [7, 11) is 1.46. The molecule has 0 aliphatic carbocycles. The molecule has 204 valence electrons. The first-order chi connectivity index (χ1) is 19.9. The second kappa shape index (κ2) is 10.4. The smallest absolute Gasteiger partial charge is 0.335 e. The van der Waals surface area contributed by atoms with Gasteiger partial charge < -0.3 is 5.11 Å². The Morgan fingerprint density at radius 1 is 0.854 bits per heavy atom. The van der Waals surface area contributed by atoms with Crippen molar-refractivity contribution in [1.29, 1.82) is 0 Å². The maximum absolute atomic E-state index is 13.7. The molecule has 0 fully saturated rings. The van der Waals surface area contributed by atoms with Gasteiger partial charge in [-0.3, -0.25) is 18.6 Å². The van der Waals surface area contributed by atoms with Crippen molar-refractivity contribution < 1.29 is 9.90 Å². The van der Waals surface area contributed by atoms with Crippen LogP contribution in [0.3, 0.4) is 0 Å². The normalized spacial score (nSPS) is 11.4. The zero-order chi connectivity index (χ0) is 28.7. The largest absolute Gasteiger partial charge is 0.478 e. The van der Waals surface area contributed by atoms with Crippen LogP contribution in [0.2, 0.25) is 0 Å². The molecule has 0 saturated carbocycles. The lowest BCUT2D eigenvalue weighted by Gasteiger charge is -2.11. The molecule has 0 bridgehead atoms. The molecule has 0 saturated heterocycles. The molecule has 0 unspecified atom stereocenters. The summed E-state index contributed by atoms with van der Waals surface area (Å²) in [6.07, 6.45) is 0.904. The Bertz CT molecular complexity index is 2060. The third-order valence-electron chi connectivity index (χ3n) is 7.58. The molecule has 8 nitrogen and oxygen atoms in total. The molecule has 0 aliphatic heterocycles. The highest BCUT2D eigenvalue weighted by molar-refractivity contribution is 5.94. The number of aromatic carboxylic acids is 1. The highest BCUT2D eigenvalue weighted by Crippen LogP contribution is 2.29. The van der Waals surface area contributed by atoms with Gasteiger partial charge in [0.2, 0.25) is 0 Å². The predicted molar refractivity (Wildman–Crippen MR) is 160 cm³/mol. The molecule has 0 aliphatic rings. The Balaban J connectivity index is 1.63. The molecule has 0 spiro atoms. The van der Waals surface area contributed by atoms with E-state index in [1.807, 2.05) is 66.7 Å². The summed E-state index contributed by atoms with van der Waals surface area (Å²) >= 11 is 0. The standard InChI is InChI=1S/C33H28N4O4/c1-3-21-14-16-22(17-15-21)19-36-30-28(31(38)35(2)33(36)41)29(24-10-7-11-25(18-24)32(39)40)37(34-30)20-26-12-6-9-23-8-4-5-13-27(23)26/h4-18H,3,19-20H2,1-2H3,(H,39,40). The van der Waals surface area contributed by atoms with Crippen molar-refractivity contribution in [2.45, 2.75) is 26.4 Å². The lowest BCUT2D eigenvalue weighted by atomic mass is 10.0. The zero-order valence-corrected chi connectivity index (χ0v) is 22.7. The van der Waals surface area contributed by atoms with Crippen molar-refractivity contribution in [3.05, 3.63) is 134 Å². The van der Waals surface area contributed by atoms with Crippen LogP contribution >= 0.6 is 0 Å². The highest BCUT2D eigenvalue weighted by atomic mass is 16.4. The third-order valence-corrected chi connectivity index (χ3v) is 7.58. The number of carboxylic acid groups (broad SMARTS) is 1. The molecule has 0 atom stereocenters. The van der Waals surface area contributed by atoms with E-state index in [4.69, 9.17) is 5.10 Å². The van der Waals surface area contributed by atoms with Gasteiger partial charge in [0.05, 0.1) is 24.3 Å². The molecule has 41 heavy (non-hydrogen) atoms. The van der Waals surface area contributed by atoms with Crippen LogP contribution in [-0.4, -0.2) is 30.0 Å². The molecule has 1 N–H and O–H groups in total. The van der Waals surface area contributed by atoms with Crippen LogP contribution in [0.1, 0.15) is 34.0 Å². The Morgan fingerprint density at radius 3 is 2.32 bits per heavy atom. The zero-order valence-electron chi connectivity index (χ0n) is 22.7. The lowest BCUT2D eigenvalue weighted by molar-refractivity contribution is 0.0697. The van der Waals surface area contributed by atoms with Crippen LogP contribution in [0, 0.1) is 0 Å². The van der Waals surface area contributed by atoms with E-state index in [0.29, 0.717) is 17.8 Å². The number of fused-ring (bicyclic) bond motifs is 2. The molecule has 2 heterocycles. The second-order valence-electron chi connectivity index (χ2n) is 10.1. The van der Waals surface area contributed by atoms with E-state index in [1.165, 1.54) is 29.3 Å². The monoisotopic (exact) mass is 544 g/mol. The minimum absolute atomic E-state index is 0.0923. The summed E-state index contributed by atoms with van der Waals surface area (Å²) in [5, 5.41) is 16.9. The SMILES string of the molecule is CCc1ccc(Cn2c(=O)n(C)c(=O)c3c(-c4cccc(C(=O)O)c4)n(Cc4cccc5ccccc45)nc32)cc1. The Labute approximate surface area is 235 Å². The second-order valence-corrected chi connectivity index (χ2v) is 10.1. The van der Waals surface area contributed by atoms with Crippen molar-refractivity contribution >= 4 is 27.8 Å². The fraction of sp³-hybridized carbons (Fsp3) is 0.152. The number of aryl methyl sites for hydroxylation is 1. The first-order valence-electron chi connectivity index (χ1n) is 13.4. The van der Waals surface area contributed by atoms with Gasteiger partial charge in [-0.2, -0.15) is 5.10 Å². The molecular weight excluding hydrogens is 516 g/mol. The number of benzene rings is 4. The fourth-order valence-electron chi connectivity index (χ4n) is 5.37. The van der Waals surface area contributed by atoms with E-state index in [-0.39, 0.29) is 23.1 Å². The van der Waals surface area contributed by atoms with Crippen molar-refractivity contribution in [3.8, 4) is 11.3 Å². The molecule has 6 aromatic rings. The van der Waals surface area contributed by atoms with Crippen LogP contribution in [0.5, 0.6) is 0 Å². The molecule has 0 amide bonds. The highest BCUT2D eigenvalue weighted by Gasteiger charge is 2.23. The predicted octanol–water partition coefficient (Wildman–Crippen LogP) is 5.07. The molecule has 8 heteroatoms. The van der Waals surface area contributed by atoms with Gasteiger partial charge in [-0.1, -0.05) is 85.8 Å². The van der Waals surface area contributed by atoms with Gasteiger partial charge >= 0.3 is 11.7 Å². The topological polar surface area (TPSA) is 99.1 Å². The summed E-state index contributed by atoms with van der Waals surface area (Å²) in [5.74, 6) is -1.07. The van der Waals surface area contributed by atoms with E-state index < -0.39 is 17.2 Å². The van der Waals surface area contributed by atoms with Crippen molar-refractivity contribution in [2.24, 2.45) is 7.05 Å². The van der Waals surface area contributed by atoms with Gasteiger partial charge in [-0.05, 0) is 46.0 Å². The fourth-order valence-corrected chi connectivity index (χ4v) is 5.37. The maximum Gasteiger partial charge on any atom is 0.335 e. The number of carbonyl (C=O) groups is 1. The summed E-state index contributed by atoms with van der Waals surface area (Å²) in [6, 6.07) is 28.5. The average molecular weight is 545 g/mol.